The smallest absolute Gasteiger partial charge is 0.251 e. The van der Waals surface area contributed by atoms with E-state index < -0.39 is 10.0 Å². The summed E-state index contributed by atoms with van der Waals surface area (Å²) < 4.78 is 29.0. The summed E-state index contributed by atoms with van der Waals surface area (Å²) in [6, 6.07) is 6.04. The van der Waals surface area contributed by atoms with Gasteiger partial charge in [-0.2, -0.15) is 0 Å². The third-order valence-corrected chi connectivity index (χ3v) is 5.75. The molecule has 1 aromatic heterocycles. The number of hydrogen-bond acceptors (Lipinski definition) is 6. The van der Waals surface area contributed by atoms with Gasteiger partial charge in [-0.05, 0) is 37.2 Å². The number of sulfonamides is 1. The molecule has 0 aliphatic carbocycles. The fourth-order valence-electron chi connectivity index (χ4n) is 2.75. The zero-order valence-corrected chi connectivity index (χ0v) is 15.3. The normalized spacial score (nSPS) is 17.3. The van der Waals surface area contributed by atoms with Crippen molar-refractivity contribution >= 4 is 15.9 Å². The highest BCUT2D eigenvalue weighted by molar-refractivity contribution is 7.89. The topological polar surface area (TPSA) is 118 Å². The molecule has 1 aliphatic rings. The molecule has 9 nitrogen and oxygen atoms in total. The van der Waals surface area contributed by atoms with Crippen molar-refractivity contribution in [1.29, 1.82) is 0 Å². The van der Waals surface area contributed by atoms with Crippen molar-refractivity contribution in [3.8, 4) is 0 Å². The fraction of sp³-hybridized carbons (Fsp3) is 0.438. The average Bonchev–Trinajstić information content (AvgIpc) is 3.27. The van der Waals surface area contributed by atoms with Gasteiger partial charge in [0.15, 0.2) is 0 Å². The molecule has 26 heavy (non-hydrogen) atoms. The van der Waals surface area contributed by atoms with E-state index in [0.717, 1.165) is 19.5 Å². The van der Waals surface area contributed by atoms with E-state index in [2.05, 4.69) is 25.6 Å². The summed E-state index contributed by atoms with van der Waals surface area (Å²) in [5.74, 6) is 0.499. The van der Waals surface area contributed by atoms with Gasteiger partial charge in [0.05, 0.1) is 4.90 Å². The predicted octanol–water partition coefficient (Wildman–Crippen LogP) is -0.572. The molecule has 1 atom stereocenters. The number of benzene rings is 1. The van der Waals surface area contributed by atoms with Gasteiger partial charge in [0, 0.05) is 38.2 Å². The lowest BCUT2D eigenvalue weighted by Gasteiger charge is -2.12. The van der Waals surface area contributed by atoms with Crippen molar-refractivity contribution in [2.45, 2.75) is 23.8 Å². The van der Waals surface area contributed by atoms with Gasteiger partial charge in [-0.15, -0.1) is 10.2 Å². The highest BCUT2D eigenvalue weighted by Gasteiger charge is 2.19. The van der Waals surface area contributed by atoms with Crippen LogP contribution in [0.3, 0.4) is 0 Å². The van der Waals surface area contributed by atoms with Crippen LogP contribution in [0.4, 0.5) is 0 Å². The number of aromatic nitrogens is 3. The number of nitrogens with zero attached hydrogens (tertiary/aromatic N) is 3. The van der Waals surface area contributed by atoms with Crippen LogP contribution in [0.5, 0.6) is 0 Å². The Kier molecular flexibility index (Phi) is 5.64. The molecule has 1 aliphatic heterocycles. The molecule has 2 aromatic rings. The molecule has 2 heterocycles. The lowest BCUT2D eigenvalue weighted by molar-refractivity contribution is 0.0940. The number of aryl methyl sites for hydroxylation is 1. The van der Waals surface area contributed by atoms with Crippen LogP contribution in [-0.4, -0.2) is 54.8 Å². The Hall–Kier alpha value is -2.30. The van der Waals surface area contributed by atoms with Gasteiger partial charge in [-0.1, -0.05) is 0 Å². The maximum absolute atomic E-state index is 12.3. The predicted molar refractivity (Wildman–Crippen MR) is 95.1 cm³/mol. The summed E-state index contributed by atoms with van der Waals surface area (Å²) in [5, 5.41) is 13.8. The van der Waals surface area contributed by atoms with Crippen LogP contribution in [0.25, 0.3) is 0 Å². The van der Waals surface area contributed by atoms with Gasteiger partial charge >= 0.3 is 0 Å². The molecule has 0 saturated carbocycles. The third-order valence-electron chi connectivity index (χ3n) is 4.27. The Balaban J connectivity index is 1.57. The van der Waals surface area contributed by atoms with Crippen molar-refractivity contribution in [3.63, 3.8) is 0 Å². The van der Waals surface area contributed by atoms with E-state index in [9.17, 15) is 13.2 Å². The van der Waals surface area contributed by atoms with E-state index in [4.69, 9.17) is 0 Å². The molecule has 0 unspecified atom stereocenters. The molecular weight excluding hydrogens is 356 g/mol. The summed E-state index contributed by atoms with van der Waals surface area (Å²) in [4.78, 5) is 12.3. The van der Waals surface area contributed by atoms with Crippen LogP contribution >= 0.6 is 0 Å². The second kappa shape index (κ2) is 7.94. The van der Waals surface area contributed by atoms with E-state index >= 15 is 0 Å². The number of hydrogen-bond donors (Lipinski definition) is 3. The van der Waals surface area contributed by atoms with Crippen molar-refractivity contribution in [2.75, 3.05) is 19.6 Å². The average molecular weight is 378 g/mol. The van der Waals surface area contributed by atoms with Gasteiger partial charge in [-0.3, -0.25) is 4.79 Å². The number of carbonyl (C=O) groups excluding carboxylic acids is 1. The van der Waals surface area contributed by atoms with Crippen LogP contribution < -0.4 is 15.4 Å². The molecule has 140 valence electrons. The molecule has 3 N–H and O–H groups in total. The van der Waals surface area contributed by atoms with E-state index in [0.29, 0.717) is 17.8 Å². The summed E-state index contributed by atoms with van der Waals surface area (Å²) >= 11 is 0. The van der Waals surface area contributed by atoms with Crippen LogP contribution in [-0.2, 0) is 23.5 Å². The maximum Gasteiger partial charge on any atom is 0.251 e. The SMILES string of the molecule is Cn1cnnc1CCNS(=O)(=O)c1ccc(C(=O)N[C@H]2CCNC2)cc1. The Morgan fingerprint density at radius 2 is 2.12 bits per heavy atom. The van der Waals surface area contributed by atoms with Gasteiger partial charge in [-0.25, -0.2) is 13.1 Å². The van der Waals surface area contributed by atoms with Crippen LogP contribution in [0.15, 0.2) is 35.5 Å². The quantitative estimate of drug-likeness (QED) is 0.594. The first-order chi connectivity index (χ1) is 12.5. The molecular formula is C16H22N6O3S. The van der Waals surface area contributed by atoms with E-state index in [1.54, 1.807) is 17.9 Å². The zero-order chi connectivity index (χ0) is 18.6. The van der Waals surface area contributed by atoms with E-state index in [1.807, 2.05) is 0 Å². The van der Waals surface area contributed by atoms with Crippen molar-refractivity contribution in [2.24, 2.45) is 7.05 Å². The molecule has 10 heteroatoms. The summed E-state index contributed by atoms with van der Waals surface area (Å²) in [6.45, 7) is 1.86. The Bertz CT molecular complexity index is 856. The molecule has 1 aromatic carbocycles. The molecule has 1 amide bonds. The highest BCUT2D eigenvalue weighted by Crippen LogP contribution is 2.11. The lowest BCUT2D eigenvalue weighted by atomic mass is 10.2. The second-order valence-electron chi connectivity index (χ2n) is 6.19. The number of nitrogens with one attached hydrogen (secondary N) is 3. The second-order valence-corrected chi connectivity index (χ2v) is 7.96. The first-order valence-electron chi connectivity index (χ1n) is 8.40. The number of amides is 1. The third kappa shape index (κ3) is 4.45. The standard InChI is InChI=1S/C16H22N6O3S/c1-22-11-18-21-15(22)7-9-19-26(24,25)14-4-2-12(3-5-14)16(23)20-13-6-8-17-10-13/h2-5,11,13,17,19H,6-10H2,1H3,(H,20,23)/t13-/m0/s1. The number of carbonyl (C=O) groups is 1. The molecule has 3 rings (SSSR count). The highest BCUT2D eigenvalue weighted by atomic mass is 32.2. The number of rotatable bonds is 7. The fourth-order valence-corrected chi connectivity index (χ4v) is 3.78. The summed E-state index contributed by atoms with van der Waals surface area (Å²) in [6.07, 6.45) is 2.90. The van der Waals surface area contributed by atoms with Gasteiger partial charge in [0.1, 0.15) is 12.2 Å². The monoisotopic (exact) mass is 378 g/mol. The first kappa shape index (κ1) is 18.5. The Labute approximate surface area is 152 Å². The minimum Gasteiger partial charge on any atom is -0.348 e. The summed E-state index contributed by atoms with van der Waals surface area (Å²) in [7, 11) is -1.84. The Morgan fingerprint density at radius 3 is 2.73 bits per heavy atom. The molecule has 1 fully saturated rings. The van der Waals surface area contributed by atoms with E-state index in [1.165, 1.54) is 24.3 Å². The van der Waals surface area contributed by atoms with Crippen molar-refractivity contribution in [3.05, 3.63) is 42.0 Å². The van der Waals surface area contributed by atoms with Gasteiger partial charge < -0.3 is 15.2 Å². The van der Waals surface area contributed by atoms with Crippen LogP contribution in [0.1, 0.15) is 22.6 Å². The van der Waals surface area contributed by atoms with E-state index in [-0.39, 0.29) is 23.4 Å². The molecule has 1 saturated heterocycles. The zero-order valence-electron chi connectivity index (χ0n) is 14.5. The molecule has 0 spiro atoms. The van der Waals surface area contributed by atoms with Gasteiger partial charge in [0.25, 0.3) is 5.91 Å². The van der Waals surface area contributed by atoms with Crippen molar-refractivity contribution < 1.29 is 13.2 Å². The lowest BCUT2D eigenvalue weighted by Crippen LogP contribution is -2.36. The summed E-state index contributed by atoms with van der Waals surface area (Å²) in [5.41, 5.74) is 0.440. The van der Waals surface area contributed by atoms with Gasteiger partial charge in [0.2, 0.25) is 10.0 Å². The first-order valence-corrected chi connectivity index (χ1v) is 9.88. The minimum absolute atomic E-state index is 0.119. The largest absolute Gasteiger partial charge is 0.348 e. The minimum atomic E-state index is -3.64. The van der Waals surface area contributed by atoms with Crippen molar-refractivity contribution in [1.82, 2.24) is 30.1 Å². The van der Waals surface area contributed by atoms with Crippen LogP contribution in [0, 0.1) is 0 Å². The molecule has 0 bridgehead atoms. The maximum atomic E-state index is 12.3. The Morgan fingerprint density at radius 1 is 1.35 bits per heavy atom. The molecule has 0 radical (unpaired) electrons. The van der Waals surface area contributed by atoms with Crippen LogP contribution in [0.2, 0.25) is 0 Å².